The number of hydrogen-bond acceptors (Lipinski definition) is 4. The molecule has 0 spiro atoms. The largest absolute Gasteiger partial charge is 0.481 e. The van der Waals surface area contributed by atoms with Crippen LogP contribution in [0.5, 0.6) is 0 Å². The Kier molecular flexibility index (Phi) is 3.31. The molecule has 0 bridgehead atoms. The zero-order chi connectivity index (χ0) is 12.3. The molecular formula is C10H14N2O4. The third kappa shape index (κ3) is 2.59. The molecule has 88 valence electrons. The van der Waals surface area contributed by atoms with Gasteiger partial charge >= 0.3 is 5.97 Å². The van der Waals surface area contributed by atoms with E-state index >= 15 is 0 Å². The second-order valence-corrected chi connectivity index (χ2v) is 4.21. The molecule has 2 N–H and O–H groups in total. The normalized spacial score (nSPS) is 11.2. The summed E-state index contributed by atoms with van der Waals surface area (Å²) < 4.78 is 4.74. The topological polar surface area (TPSA) is 92.4 Å². The van der Waals surface area contributed by atoms with Gasteiger partial charge in [0.05, 0.1) is 11.6 Å². The number of amides is 1. The summed E-state index contributed by atoms with van der Waals surface area (Å²) in [7, 11) is 0. The Morgan fingerprint density at radius 3 is 2.62 bits per heavy atom. The molecule has 16 heavy (non-hydrogen) atoms. The highest BCUT2D eigenvalue weighted by Crippen LogP contribution is 2.14. The fourth-order valence-electron chi connectivity index (χ4n) is 0.966. The van der Waals surface area contributed by atoms with Crippen molar-refractivity contribution in [3.63, 3.8) is 0 Å². The van der Waals surface area contributed by atoms with Gasteiger partial charge in [-0.2, -0.15) is 0 Å². The molecular weight excluding hydrogens is 212 g/mol. The molecule has 6 nitrogen and oxygen atoms in total. The minimum absolute atomic E-state index is 0.0291. The molecule has 0 saturated heterocycles. The van der Waals surface area contributed by atoms with Crippen LogP contribution in [-0.4, -0.2) is 28.7 Å². The lowest BCUT2D eigenvalue weighted by molar-refractivity contribution is -0.146. The Labute approximate surface area is 92.6 Å². The fraction of sp³-hybridized carbons (Fsp3) is 0.500. The molecule has 0 aliphatic rings. The van der Waals surface area contributed by atoms with Gasteiger partial charge in [-0.25, -0.2) is 0 Å². The highest BCUT2D eigenvalue weighted by Gasteiger charge is 2.28. The van der Waals surface area contributed by atoms with Crippen LogP contribution in [0.15, 0.2) is 10.7 Å². The first-order valence-electron chi connectivity index (χ1n) is 4.77. The third-order valence-electron chi connectivity index (χ3n) is 2.22. The van der Waals surface area contributed by atoms with Crippen LogP contribution >= 0.6 is 0 Å². The lowest BCUT2D eigenvalue weighted by Gasteiger charge is -2.18. The zero-order valence-electron chi connectivity index (χ0n) is 9.40. The van der Waals surface area contributed by atoms with Crippen molar-refractivity contribution in [1.82, 2.24) is 10.5 Å². The van der Waals surface area contributed by atoms with E-state index in [1.807, 2.05) is 0 Å². The van der Waals surface area contributed by atoms with Gasteiger partial charge in [0.25, 0.3) is 5.91 Å². The zero-order valence-corrected chi connectivity index (χ0v) is 9.40. The number of rotatable bonds is 4. The average molecular weight is 226 g/mol. The highest BCUT2D eigenvalue weighted by molar-refractivity contribution is 5.92. The van der Waals surface area contributed by atoms with Crippen LogP contribution in [0.3, 0.4) is 0 Å². The van der Waals surface area contributed by atoms with Gasteiger partial charge in [0.2, 0.25) is 5.76 Å². The number of carboxylic acid groups (broad SMARTS) is 1. The molecule has 0 saturated carbocycles. The van der Waals surface area contributed by atoms with Crippen molar-refractivity contribution < 1.29 is 19.2 Å². The monoisotopic (exact) mass is 226 g/mol. The molecule has 0 aliphatic carbocycles. The predicted octanol–water partition coefficient (Wildman–Crippen LogP) is 0.824. The Morgan fingerprint density at radius 2 is 2.19 bits per heavy atom. The summed E-state index contributed by atoms with van der Waals surface area (Å²) in [5.41, 5.74) is -0.394. The van der Waals surface area contributed by atoms with E-state index in [9.17, 15) is 9.59 Å². The molecule has 1 aromatic heterocycles. The standard InChI is InChI=1S/C10H14N2O4/c1-6-4-12-16-7(6)8(13)11-5-10(2,3)9(14)15/h4H,5H2,1-3H3,(H,11,13)(H,14,15). The summed E-state index contributed by atoms with van der Waals surface area (Å²) in [4.78, 5) is 22.4. The molecule has 0 aromatic carbocycles. The first-order valence-corrected chi connectivity index (χ1v) is 4.77. The van der Waals surface area contributed by atoms with Crippen molar-refractivity contribution in [2.75, 3.05) is 6.54 Å². The van der Waals surface area contributed by atoms with Gasteiger partial charge in [-0.15, -0.1) is 0 Å². The van der Waals surface area contributed by atoms with Gasteiger partial charge in [-0.1, -0.05) is 5.16 Å². The fourth-order valence-corrected chi connectivity index (χ4v) is 0.966. The van der Waals surface area contributed by atoms with Crippen molar-refractivity contribution in [2.24, 2.45) is 5.41 Å². The van der Waals surface area contributed by atoms with Crippen LogP contribution in [0.25, 0.3) is 0 Å². The van der Waals surface area contributed by atoms with Gasteiger partial charge < -0.3 is 14.9 Å². The van der Waals surface area contributed by atoms with Crippen molar-refractivity contribution in [2.45, 2.75) is 20.8 Å². The number of carbonyl (C=O) groups is 2. The number of carboxylic acids is 1. The van der Waals surface area contributed by atoms with Crippen molar-refractivity contribution in [1.29, 1.82) is 0 Å². The van der Waals surface area contributed by atoms with E-state index in [2.05, 4.69) is 10.5 Å². The van der Waals surface area contributed by atoms with Crippen molar-refractivity contribution in [3.05, 3.63) is 17.5 Å². The molecule has 1 heterocycles. The highest BCUT2D eigenvalue weighted by atomic mass is 16.5. The second kappa shape index (κ2) is 4.34. The lowest BCUT2D eigenvalue weighted by atomic mass is 9.94. The number of nitrogens with one attached hydrogen (secondary N) is 1. The molecule has 1 amide bonds. The van der Waals surface area contributed by atoms with E-state index in [0.717, 1.165) is 0 Å². The summed E-state index contributed by atoms with van der Waals surface area (Å²) in [5, 5.41) is 14.8. The van der Waals surface area contributed by atoms with Gasteiger partial charge in [-0.05, 0) is 20.8 Å². The number of hydrogen-bond donors (Lipinski definition) is 2. The molecule has 0 atom stereocenters. The van der Waals surface area contributed by atoms with Crippen LogP contribution in [0, 0.1) is 12.3 Å². The van der Waals surface area contributed by atoms with Crippen molar-refractivity contribution in [3.8, 4) is 0 Å². The second-order valence-electron chi connectivity index (χ2n) is 4.21. The summed E-state index contributed by atoms with van der Waals surface area (Å²) in [5.74, 6) is -1.31. The lowest BCUT2D eigenvalue weighted by Crippen LogP contribution is -2.38. The molecule has 0 unspecified atom stereocenters. The minimum Gasteiger partial charge on any atom is -0.481 e. The first-order chi connectivity index (χ1) is 7.34. The maximum absolute atomic E-state index is 11.6. The Bertz CT molecular complexity index is 409. The van der Waals surface area contributed by atoms with E-state index < -0.39 is 17.3 Å². The summed E-state index contributed by atoms with van der Waals surface area (Å²) in [6.07, 6.45) is 1.43. The van der Waals surface area contributed by atoms with Gasteiger partial charge in [-0.3, -0.25) is 9.59 Å². The number of aromatic nitrogens is 1. The third-order valence-corrected chi connectivity index (χ3v) is 2.22. The van der Waals surface area contributed by atoms with Crippen LogP contribution in [-0.2, 0) is 4.79 Å². The Hall–Kier alpha value is -1.85. The average Bonchev–Trinajstić information content (AvgIpc) is 2.61. The number of carbonyl (C=O) groups excluding carboxylic acids is 1. The van der Waals surface area contributed by atoms with E-state index in [1.165, 1.54) is 20.0 Å². The van der Waals surface area contributed by atoms with Gasteiger partial charge in [0.15, 0.2) is 0 Å². The van der Waals surface area contributed by atoms with Crippen LogP contribution in [0.1, 0.15) is 30.0 Å². The van der Waals surface area contributed by atoms with Gasteiger partial charge in [0, 0.05) is 12.1 Å². The SMILES string of the molecule is Cc1cnoc1C(=O)NCC(C)(C)C(=O)O. The minimum atomic E-state index is -1.01. The van der Waals surface area contributed by atoms with E-state index in [4.69, 9.17) is 9.63 Å². The maximum atomic E-state index is 11.6. The van der Waals surface area contributed by atoms with Crippen LogP contribution in [0.2, 0.25) is 0 Å². The molecule has 0 fully saturated rings. The number of nitrogens with zero attached hydrogens (tertiary/aromatic N) is 1. The van der Waals surface area contributed by atoms with Crippen molar-refractivity contribution >= 4 is 11.9 Å². The molecule has 1 rings (SSSR count). The molecule has 0 radical (unpaired) electrons. The van der Waals surface area contributed by atoms with Crippen LogP contribution < -0.4 is 5.32 Å². The summed E-state index contributed by atoms with van der Waals surface area (Å²) in [6, 6.07) is 0. The van der Waals surface area contributed by atoms with E-state index in [1.54, 1.807) is 6.92 Å². The van der Waals surface area contributed by atoms with Gasteiger partial charge in [0.1, 0.15) is 0 Å². The first kappa shape index (κ1) is 12.2. The summed E-state index contributed by atoms with van der Waals surface area (Å²) in [6.45, 7) is 4.78. The quantitative estimate of drug-likeness (QED) is 0.793. The number of aliphatic carboxylic acids is 1. The molecule has 1 aromatic rings. The predicted molar refractivity (Wildman–Crippen MR) is 55.0 cm³/mol. The Balaban J connectivity index is 2.61. The smallest absolute Gasteiger partial charge is 0.310 e. The van der Waals surface area contributed by atoms with E-state index in [0.29, 0.717) is 5.56 Å². The molecule has 6 heteroatoms. The number of aryl methyl sites for hydroxylation is 1. The molecule has 0 aliphatic heterocycles. The maximum Gasteiger partial charge on any atom is 0.310 e. The Morgan fingerprint density at radius 1 is 1.56 bits per heavy atom. The van der Waals surface area contributed by atoms with Crippen LogP contribution in [0.4, 0.5) is 0 Å². The van der Waals surface area contributed by atoms with E-state index in [-0.39, 0.29) is 12.3 Å². The summed E-state index contributed by atoms with van der Waals surface area (Å²) >= 11 is 0.